The number of furan rings is 1. The molecule has 0 saturated heterocycles. The molecule has 0 amide bonds. The highest BCUT2D eigenvalue weighted by Crippen LogP contribution is 2.22. The molecule has 1 heterocycles. The number of hydrogen-bond acceptors (Lipinski definition) is 3. The summed E-state index contributed by atoms with van der Waals surface area (Å²) >= 11 is 5.39. The molecule has 0 spiro atoms. The molecular formula is C12H7BrINO3. The summed E-state index contributed by atoms with van der Waals surface area (Å²) in [5, 5.41) is 8.86. The zero-order chi connectivity index (χ0) is 13.1. The standard InChI is InChI=1S/C12H7BrINO3/c13-10-5-9(18-11(10)14)6-15-8-3-1-2-7(4-8)12(16)17/h1-6H,(H,16,17). The average molecular weight is 420 g/mol. The third kappa shape index (κ3) is 3.20. The van der Waals surface area contributed by atoms with Crippen molar-refractivity contribution < 1.29 is 14.3 Å². The van der Waals surface area contributed by atoms with Crippen molar-refractivity contribution in [3.8, 4) is 0 Å². The van der Waals surface area contributed by atoms with Gasteiger partial charge in [0.25, 0.3) is 0 Å². The maximum atomic E-state index is 10.8. The second-order valence-corrected chi connectivity index (χ2v) is 5.22. The molecule has 2 rings (SSSR count). The van der Waals surface area contributed by atoms with Crippen molar-refractivity contribution in [3.05, 3.63) is 49.9 Å². The number of aliphatic imine (C=N–C) groups is 1. The fourth-order valence-electron chi connectivity index (χ4n) is 1.28. The van der Waals surface area contributed by atoms with Crippen molar-refractivity contribution in [2.24, 2.45) is 4.99 Å². The van der Waals surface area contributed by atoms with Crippen LogP contribution >= 0.6 is 38.5 Å². The Kier molecular flexibility index (Phi) is 4.18. The Morgan fingerprint density at radius 1 is 1.44 bits per heavy atom. The van der Waals surface area contributed by atoms with Crippen LogP contribution in [-0.2, 0) is 0 Å². The molecule has 1 aromatic carbocycles. The fourth-order valence-corrected chi connectivity index (χ4v) is 2.00. The maximum absolute atomic E-state index is 10.8. The van der Waals surface area contributed by atoms with E-state index < -0.39 is 5.97 Å². The highest BCUT2D eigenvalue weighted by molar-refractivity contribution is 14.1. The van der Waals surface area contributed by atoms with Crippen LogP contribution in [0.3, 0.4) is 0 Å². The lowest BCUT2D eigenvalue weighted by atomic mass is 10.2. The first kappa shape index (κ1) is 13.3. The van der Waals surface area contributed by atoms with Crippen LogP contribution in [-0.4, -0.2) is 17.3 Å². The third-order valence-corrected chi connectivity index (χ3v) is 4.23. The molecule has 0 aliphatic rings. The van der Waals surface area contributed by atoms with Gasteiger partial charge in [-0.2, -0.15) is 0 Å². The van der Waals surface area contributed by atoms with Crippen LogP contribution in [0.1, 0.15) is 16.1 Å². The molecule has 0 aliphatic heterocycles. The number of carboxylic acid groups (broad SMARTS) is 1. The van der Waals surface area contributed by atoms with Gasteiger partial charge < -0.3 is 9.52 Å². The molecule has 0 atom stereocenters. The van der Waals surface area contributed by atoms with Crippen LogP contribution in [0.5, 0.6) is 0 Å². The summed E-state index contributed by atoms with van der Waals surface area (Å²) in [6, 6.07) is 8.20. The van der Waals surface area contributed by atoms with Gasteiger partial charge in [0, 0.05) is 28.7 Å². The lowest BCUT2D eigenvalue weighted by Crippen LogP contribution is -1.94. The molecule has 4 nitrogen and oxygen atoms in total. The van der Waals surface area contributed by atoms with Gasteiger partial charge >= 0.3 is 5.97 Å². The number of carboxylic acids is 1. The largest absolute Gasteiger partial charge is 0.478 e. The summed E-state index contributed by atoms with van der Waals surface area (Å²) in [5.74, 6) is -0.366. The molecule has 0 radical (unpaired) electrons. The van der Waals surface area contributed by atoms with Gasteiger partial charge in [-0.15, -0.1) is 0 Å². The van der Waals surface area contributed by atoms with E-state index in [1.54, 1.807) is 24.4 Å². The van der Waals surface area contributed by atoms with E-state index in [1.807, 2.05) is 0 Å². The number of nitrogens with zero attached hydrogens (tertiary/aromatic N) is 1. The van der Waals surface area contributed by atoms with E-state index in [1.165, 1.54) is 12.1 Å². The van der Waals surface area contributed by atoms with Crippen LogP contribution in [0, 0.1) is 3.77 Å². The van der Waals surface area contributed by atoms with Gasteiger partial charge in [0.2, 0.25) is 0 Å². The summed E-state index contributed by atoms with van der Waals surface area (Å²) in [4.78, 5) is 15.0. The molecule has 6 heteroatoms. The van der Waals surface area contributed by atoms with Crippen molar-refractivity contribution in [2.45, 2.75) is 0 Å². The van der Waals surface area contributed by atoms with Gasteiger partial charge in [0.05, 0.1) is 21.9 Å². The molecule has 18 heavy (non-hydrogen) atoms. The Morgan fingerprint density at radius 3 is 2.83 bits per heavy atom. The maximum Gasteiger partial charge on any atom is 0.335 e. The lowest BCUT2D eigenvalue weighted by Gasteiger charge is -1.95. The molecule has 0 bridgehead atoms. The van der Waals surface area contributed by atoms with Crippen LogP contribution in [0.25, 0.3) is 0 Å². The lowest BCUT2D eigenvalue weighted by molar-refractivity contribution is 0.0697. The van der Waals surface area contributed by atoms with E-state index in [0.717, 1.165) is 8.24 Å². The topological polar surface area (TPSA) is 62.8 Å². The van der Waals surface area contributed by atoms with Crippen LogP contribution < -0.4 is 0 Å². The van der Waals surface area contributed by atoms with E-state index in [2.05, 4.69) is 43.5 Å². The molecule has 1 N–H and O–H groups in total. The average Bonchev–Trinajstić information content (AvgIpc) is 2.67. The molecule has 0 fully saturated rings. The van der Waals surface area contributed by atoms with Crippen molar-refractivity contribution in [1.29, 1.82) is 0 Å². The zero-order valence-electron chi connectivity index (χ0n) is 8.93. The van der Waals surface area contributed by atoms with E-state index >= 15 is 0 Å². The Morgan fingerprint density at radius 2 is 2.22 bits per heavy atom. The Balaban J connectivity index is 2.23. The van der Waals surface area contributed by atoms with E-state index in [4.69, 9.17) is 9.52 Å². The molecule has 92 valence electrons. The quantitative estimate of drug-likeness (QED) is 0.601. The van der Waals surface area contributed by atoms with Gasteiger partial charge in [0.1, 0.15) is 5.76 Å². The number of carbonyl (C=O) groups is 1. The van der Waals surface area contributed by atoms with Gasteiger partial charge in [-0.25, -0.2) is 4.79 Å². The predicted octanol–water partition coefficient (Wildman–Crippen LogP) is 4.10. The number of hydrogen-bond donors (Lipinski definition) is 1. The van der Waals surface area contributed by atoms with E-state index in [-0.39, 0.29) is 5.56 Å². The summed E-state index contributed by atoms with van der Waals surface area (Å²) in [7, 11) is 0. The van der Waals surface area contributed by atoms with Crippen molar-refractivity contribution in [2.75, 3.05) is 0 Å². The minimum atomic E-state index is -0.970. The highest BCUT2D eigenvalue weighted by atomic mass is 127. The van der Waals surface area contributed by atoms with Crippen molar-refractivity contribution >= 4 is 56.4 Å². The van der Waals surface area contributed by atoms with Crippen molar-refractivity contribution in [3.63, 3.8) is 0 Å². The summed E-state index contributed by atoms with van der Waals surface area (Å²) < 4.78 is 7.00. The number of rotatable bonds is 3. The van der Waals surface area contributed by atoms with Crippen molar-refractivity contribution in [1.82, 2.24) is 0 Å². The minimum absolute atomic E-state index is 0.208. The Labute approximate surface area is 125 Å². The summed E-state index contributed by atoms with van der Waals surface area (Å²) in [6.45, 7) is 0. The molecule has 1 aromatic heterocycles. The van der Waals surface area contributed by atoms with Gasteiger partial charge in [-0.1, -0.05) is 6.07 Å². The van der Waals surface area contributed by atoms with Gasteiger partial charge in [0.15, 0.2) is 3.77 Å². The molecule has 2 aromatic rings. The first-order valence-corrected chi connectivity index (χ1v) is 6.75. The first-order chi connectivity index (χ1) is 8.56. The van der Waals surface area contributed by atoms with Gasteiger partial charge in [-0.05, 0) is 34.1 Å². The molecule has 0 saturated carbocycles. The second-order valence-electron chi connectivity index (χ2n) is 3.38. The third-order valence-electron chi connectivity index (χ3n) is 2.10. The molecule has 0 aliphatic carbocycles. The zero-order valence-corrected chi connectivity index (χ0v) is 12.7. The summed E-state index contributed by atoms with van der Waals surface area (Å²) in [6.07, 6.45) is 1.55. The Hall–Kier alpha value is -1.15. The Bertz CT molecular complexity index is 602. The number of aromatic carboxylic acids is 1. The second kappa shape index (κ2) is 5.66. The summed E-state index contributed by atoms with van der Waals surface area (Å²) in [5.41, 5.74) is 0.775. The van der Waals surface area contributed by atoms with Crippen LogP contribution in [0.2, 0.25) is 0 Å². The fraction of sp³-hybridized carbons (Fsp3) is 0. The normalized spacial score (nSPS) is 11.0. The number of benzene rings is 1. The van der Waals surface area contributed by atoms with Crippen LogP contribution in [0.15, 0.2) is 44.2 Å². The smallest absolute Gasteiger partial charge is 0.335 e. The monoisotopic (exact) mass is 419 g/mol. The predicted molar refractivity (Wildman–Crippen MR) is 79.8 cm³/mol. The molecule has 0 unspecified atom stereocenters. The highest BCUT2D eigenvalue weighted by Gasteiger charge is 2.04. The number of halogens is 2. The van der Waals surface area contributed by atoms with Gasteiger partial charge in [-0.3, -0.25) is 4.99 Å². The van der Waals surface area contributed by atoms with Crippen LogP contribution in [0.4, 0.5) is 5.69 Å². The molecular weight excluding hydrogens is 413 g/mol. The van der Waals surface area contributed by atoms with E-state index in [9.17, 15) is 4.79 Å². The minimum Gasteiger partial charge on any atom is -0.478 e. The SMILES string of the molecule is O=C(O)c1cccc(N=Cc2cc(Br)c(I)o2)c1. The first-order valence-electron chi connectivity index (χ1n) is 4.88. The van der Waals surface area contributed by atoms with E-state index in [0.29, 0.717) is 11.4 Å².